The Morgan fingerprint density at radius 1 is 0.408 bits per heavy atom. The van der Waals surface area contributed by atoms with Crippen molar-refractivity contribution < 1.29 is 9.84 Å². The molecule has 0 saturated heterocycles. The molecular formula is C76H52Br3ClN16O2. The normalized spacial score (nSPS) is 11.3. The van der Waals surface area contributed by atoms with E-state index in [9.17, 15) is 5.11 Å². The Bertz CT molecular complexity index is 6180. The van der Waals surface area contributed by atoms with E-state index in [4.69, 9.17) is 21.3 Å². The molecule has 0 unspecified atom stereocenters. The number of H-pyrrole nitrogens is 1. The van der Waals surface area contributed by atoms with E-state index in [1.165, 1.54) is 5.39 Å². The number of halogens is 4. The van der Waals surface area contributed by atoms with Gasteiger partial charge in [0.25, 0.3) is 0 Å². The fraction of sp³-hybridized carbons (Fsp3) is 0.0395. The fourth-order valence-electron chi connectivity index (χ4n) is 12.0. The highest BCUT2D eigenvalue weighted by Crippen LogP contribution is 2.38. The van der Waals surface area contributed by atoms with Gasteiger partial charge in [0.2, 0.25) is 5.88 Å². The molecule has 19 rings (SSSR count). The van der Waals surface area contributed by atoms with E-state index in [2.05, 4.69) is 173 Å². The van der Waals surface area contributed by atoms with Gasteiger partial charge in [0.1, 0.15) is 48.2 Å². The van der Waals surface area contributed by atoms with E-state index < -0.39 is 0 Å². The van der Waals surface area contributed by atoms with Crippen LogP contribution in [0, 0.1) is 20.8 Å². The van der Waals surface area contributed by atoms with Gasteiger partial charge >= 0.3 is 0 Å². The van der Waals surface area contributed by atoms with Crippen molar-refractivity contribution in [3.8, 4) is 40.4 Å². The zero-order chi connectivity index (χ0) is 67.0. The number of ether oxygens (including phenoxy) is 1. The summed E-state index contributed by atoms with van der Waals surface area (Å²) in [4.78, 5) is 35.8. The van der Waals surface area contributed by atoms with E-state index in [-0.39, 0.29) is 5.75 Å². The smallest absolute Gasteiger partial charge is 0.219 e. The maximum atomic E-state index is 9.79. The quantitative estimate of drug-likeness (QED) is 0.122. The molecule has 15 aromatic heterocycles. The van der Waals surface area contributed by atoms with Crippen molar-refractivity contribution in [1.82, 2.24) is 78.4 Å². The average molecular weight is 1500 g/mol. The van der Waals surface area contributed by atoms with Crippen molar-refractivity contribution >= 4 is 158 Å². The maximum absolute atomic E-state index is 9.79. The summed E-state index contributed by atoms with van der Waals surface area (Å²) in [7, 11) is 0. The van der Waals surface area contributed by atoms with E-state index >= 15 is 0 Å². The van der Waals surface area contributed by atoms with Crippen LogP contribution < -0.4 is 4.74 Å². The number of hydrogen-bond acceptors (Lipinski definition) is 13. The highest BCUT2D eigenvalue weighted by Gasteiger charge is 2.19. The van der Waals surface area contributed by atoms with Crippen LogP contribution in [0.25, 0.3) is 122 Å². The summed E-state index contributed by atoms with van der Waals surface area (Å²) in [6.07, 6.45) is 8.84. The predicted octanol–water partition coefficient (Wildman–Crippen LogP) is 19.4. The van der Waals surface area contributed by atoms with Crippen LogP contribution in [0.15, 0.2) is 263 Å². The van der Waals surface area contributed by atoms with Crippen LogP contribution in [0.3, 0.4) is 0 Å². The number of benzene rings is 4. The van der Waals surface area contributed by atoms with Gasteiger partial charge < -0.3 is 9.84 Å². The molecule has 19 aromatic rings. The molecule has 4 aromatic carbocycles. The number of aromatic amines is 1. The Morgan fingerprint density at radius 2 is 0.929 bits per heavy atom. The summed E-state index contributed by atoms with van der Waals surface area (Å²) in [5.74, 6) is 3.19. The number of aromatic hydroxyl groups is 1. The molecule has 22 heteroatoms. The number of hydrogen-bond donors (Lipinski definition) is 2. The Balaban J connectivity index is 0.000000110. The van der Waals surface area contributed by atoms with Gasteiger partial charge in [0, 0.05) is 98.0 Å². The third kappa shape index (κ3) is 12.4. The van der Waals surface area contributed by atoms with Gasteiger partial charge in [-0.3, -0.25) is 14.2 Å². The minimum atomic E-state index is 0.262. The van der Waals surface area contributed by atoms with Crippen LogP contribution >= 0.6 is 59.4 Å². The molecule has 0 fully saturated rings. The van der Waals surface area contributed by atoms with Gasteiger partial charge in [0.15, 0.2) is 11.3 Å². The summed E-state index contributed by atoms with van der Waals surface area (Å²) in [5.41, 5.74) is 14.2. The number of aryl methyl sites for hydroxylation is 3. The van der Waals surface area contributed by atoms with Crippen LogP contribution in [0.5, 0.6) is 17.4 Å². The molecule has 98 heavy (non-hydrogen) atoms. The first kappa shape index (κ1) is 62.7. The van der Waals surface area contributed by atoms with Gasteiger partial charge in [-0.05, 0) is 214 Å². The van der Waals surface area contributed by atoms with Gasteiger partial charge in [-0.2, -0.15) is 15.3 Å². The number of pyridine rings is 10. The molecule has 0 saturated carbocycles. The van der Waals surface area contributed by atoms with Crippen molar-refractivity contribution in [2.75, 3.05) is 0 Å². The fourth-order valence-corrected chi connectivity index (χ4v) is 13.0. The Labute approximate surface area is 588 Å². The van der Waals surface area contributed by atoms with Gasteiger partial charge in [0.05, 0.1) is 60.7 Å². The Hall–Kier alpha value is -11.4. The first-order valence-electron chi connectivity index (χ1n) is 30.8. The van der Waals surface area contributed by atoms with Crippen molar-refractivity contribution in [2.45, 2.75) is 20.8 Å². The minimum Gasteiger partial charge on any atom is -0.508 e. The van der Waals surface area contributed by atoms with Crippen LogP contribution in [0.1, 0.15) is 17.1 Å². The first-order valence-corrected chi connectivity index (χ1v) is 33.5. The molecule has 0 aliphatic heterocycles. The molecule has 0 spiro atoms. The summed E-state index contributed by atoms with van der Waals surface area (Å²) in [6, 6.07) is 71.3. The number of phenolic OH excluding ortho intramolecular Hbond substituents is 1. The van der Waals surface area contributed by atoms with Crippen LogP contribution in [0.4, 0.5) is 0 Å². The van der Waals surface area contributed by atoms with Crippen LogP contribution in [0.2, 0.25) is 5.02 Å². The standard InChI is InChI=1S/C31H20N6O.C17H12N2O.C14H9BrN4.C9H8BrN3.C5H3BrClN/c1-19-17-27-30-23(24-8-6-16-33-31(24)37(27)35-19)13-14-29(34-30)38-20-11-12-22-21-7-2-3-9-25(21)36(26(22)18-20)28-10-4-5-15-32-28;20-12-8-9-14-13-5-1-2-6-15(13)19(16(14)11-12)17-7-3-4-10-18-17;1-8-7-11-13-9(4-5-12(15)17-13)10-3-2-6-16-14(10)19(11)18-8;1-6-5-8(13-12-6)7-3-2-4-9(10)11-7;6-5-4(7)2-1-3-8-5/h2-18H,1H3;1-11,20H;2-7H,1H3;2-5H,1H3,(H,12,13);1-3H. The summed E-state index contributed by atoms with van der Waals surface area (Å²) in [6.45, 7) is 5.92. The molecule has 0 amide bonds. The number of phenols is 1. The second-order valence-electron chi connectivity index (χ2n) is 22.6. The number of rotatable bonds is 5. The largest absolute Gasteiger partial charge is 0.508 e. The number of fused-ring (bicyclic) bond motifs is 18. The Morgan fingerprint density at radius 3 is 1.50 bits per heavy atom. The molecule has 0 bridgehead atoms. The van der Waals surface area contributed by atoms with Gasteiger partial charge in [-0.25, -0.2) is 48.9 Å². The zero-order valence-corrected chi connectivity index (χ0v) is 57.8. The predicted molar refractivity (Wildman–Crippen MR) is 399 cm³/mol. The van der Waals surface area contributed by atoms with E-state index in [0.717, 1.165) is 142 Å². The van der Waals surface area contributed by atoms with Crippen molar-refractivity contribution in [3.05, 3.63) is 285 Å². The molecule has 0 aliphatic carbocycles. The molecule has 0 atom stereocenters. The lowest BCUT2D eigenvalue weighted by atomic mass is 10.1. The highest BCUT2D eigenvalue weighted by atomic mass is 79.9. The summed E-state index contributed by atoms with van der Waals surface area (Å²) < 4.78 is 16.7. The van der Waals surface area contributed by atoms with Crippen molar-refractivity contribution in [2.24, 2.45) is 0 Å². The zero-order valence-electron chi connectivity index (χ0n) is 52.2. The molecule has 0 radical (unpaired) electrons. The van der Waals surface area contributed by atoms with E-state index in [1.807, 2.05) is 169 Å². The minimum absolute atomic E-state index is 0.262. The third-order valence-electron chi connectivity index (χ3n) is 16.1. The lowest BCUT2D eigenvalue weighted by molar-refractivity contribution is 0.466. The maximum Gasteiger partial charge on any atom is 0.219 e. The van der Waals surface area contributed by atoms with E-state index in [0.29, 0.717) is 21.3 Å². The number of para-hydroxylation sites is 2. The molecular weight excluding hydrogens is 1440 g/mol. The van der Waals surface area contributed by atoms with Gasteiger partial charge in [-0.15, -0.1) is 0 Å². The van der Waals surface area contributed by atoms with Crippen LogP contribution in [-0.4, -0.2) is 83.5 Å². The molecule has 476 valence electrons. The lowest BCUT2D eigenvalue weighted by Gasteiger charge is -2.10. The molecule has 0 aliphatic rings. The highest BCUT2D eigenvalue weighted by molar-refractivity contribution is 9.11. The topological polar surface area (TPSA) is 206 Å². The lowest BCUT2D eigenvalue weighted by Crippen LogP contribution is -1.98. The number of nitrogens with one attached hydrogen (secondary N) is 1. The summed E-state index contributed by atoms with van der Waals surface area (Å²) in [5, 5.41) is 35.4. The number of aromatic nitrogens is 16. The van der Waals surface area contributed by atoms with Crippen molar-refractivity contribution in [1.29, 1.82) is 0 Å². The monoisotopic (exact) mass is 1490 g/mol. The van der Waals surface area contributed by atoms with E-state index in [1.54, 1.807) is 49.1 Å². The summed E-state index contributed by atoms with van der Waals surface area (Å²) >= 11 is 15.5. The molecule has 15 heterocycles. The van der Waals surface area contributed by atoms with Gasteiger partial charge in [-0.1, -0.05) is 66.2 Å². The number of nitrogens with zero attached hydrogens (tertiary/aromatic N) is 15. The van der Waals surface area contributed by atoms with Crippen LogP contribution in [-0.2, 0) is 0 Å². The second kappa shape index (κ2) is 27.0. The molecule has 18 nitrogen and oxygen atoms in total. The Kier molecular flexibility index (Phi) is 17.3. The molecule has 2 N–H and O–H groups in total. The van der Waals surface area contributed by atoms with Crippen molar-refractivity contribution in [3.63, 3.8) is 0 Å². The SMILES string of the molecule is Cc1cc(-c2cccc(Br)n2)n[nH]1.Cc1cc2c3nc(Br)ccc3c3cccnc3n2n1.Cc1cc2c3nc(Oc4ccc5c6ccccc6n(-c6ccccn6)c5c4)ccc3c3cccnc3n2n1.Clc1cccnc1Br.Oc1ccc2c3ccccc3n(-c3ccccn3)c2c1. The average Bonchev–Trinajstić information content (AvgIpc) is 0.883. The second-order valence-corrected chi connectivity index (χ2v) is 25.4. The third-order valence-corrected chi connectivity index (χ3v) is 18.2. The first-order chi connectivity index (χ1) is 47.9.